The fourth-order valence-electron chi connectivity index (χ4n) is 1.85. The van der Waals surface area contributed by atoms with Gasteiger partial charge in [-0.3, -0.25) is 0 Å². The van der Waals surface area contributed by atoms with E-state index in [1.165, 1.54) is 0 Å². The van der Waals surface area contributed by atoms with Gasteiger partial charge >= 0.3 is 0 Å². The largest absolute Gasteiger partial charge is 0.324 e. The van der Waals surface area contributed by atoms with Gasteiger partial charge in [-0.1, -0.05) is 41.4 Å². The molecule has 92 valence electrons. The first-order chi connectivity index (χ1) is 8.00. The zero-order chi connectivity index (χ0) is 12.9. The van der Waals surface area contributed by atoms with Crippen molar-refractivity contribution < 1.29 is 0 Å². The molecule has 0 aliphatic carbocycles. The second-order valence-corrected chi connectivity index (χ2v) is 5.10. The van der Waals surface area contributed by atoms with Crippen LogP contribution in [-0.2, 0) is 6.42 Å². The summed E-state index contributed by atoms with van der Waals surface area (Å²) in [4.78, 5) is 0. The highest BCUT2D eigenvalue weighted by molar-refractivity contribution is 6.35. The maximum absolute atomic E-state index is 6.32. The van der Waals surface area contributed by atoms with Gasteiger partial charge in [0.25, 0.3) is 0 Å². The first kappa shape index (κ1) is 14.3. The summed E-state index contributed by atoms with van der Waals surface area (Å²) in [6.07, 6.45) is 5.78. The molecule has 0 saturated carbocycles. The smallest absolute Gasteiger partial charge is 0.0453 e. The summed E-state index contributed by atoms with van der Waals surface area (Å²) in [6.45, 7) is 7.48. The summed E-state index contributed by atoms with van der Waals surface area (Å²) < 4.78 is 0. The topological polar surface area (TPSA) is 26.0 Å². The summed E-state index contributed by atoms with van der Waals surface area (Å²) in [5.74, 6) is 0. The second-order valence-electron chi connectivity index (χ2n) is 4.26. The Morgan fingerprint density at radius 3 is 2.24 bits per heavy atom. The van der Waals surface area contributed by atoms with Crippen LogP contribution in [0.1, 0.15) is 18.4 Å². The molecule has 0 amide bonds. The maximum atomic E-state index is 6.32. The van der Waals surface area contributed by atoms with E-state index in [0.29, 0.717) is 16.5 Å². The van der Waals surface area contributed by atoms with Gasteiger partial charge in [-0.2, -0.15) is 0 Å². The van der Waals surface area contributed by atoms with E-state index < -0.39 is 0 Å². The average Bonchev–Trinajstić information content (AvgIpc) is 2.23. The van der Waals surface area contributed by atoms with Crippen LogP contribution in [-0.4, -0.2) is 5.54 Å². The van der Waals surface area contributed by atoms with E-state index in [-0.39, 0.29) is 5.54 Å². The van der Waals surface area contributed by atoms with Crippen LogP contribution in [0.15, 0.2) is 43.5 Å². The van der Waals surface area contributed by atoms with Gasteiger partial charge in [0.1, 0.15) is 0 Å². The van der Waals surface area contributed by atoms with E-state index in [1.807, 2.05) is 24.3 Å². The van der Waals surface area contributed by atoms with Crippen LogP contribution in [0.25, 0.3) is 0 Å². The molecule has 0 radical (unpaired) electrons. The molecule has 0 aliphatic rings. The van der Waals surface area contributed by atoms with Crippen LogP contribution < -0.4 is 5.73 Å². The molecule has 0 aromatic heterocycles. The summed E-state index contributed by atoms with van der Waals surface area (Å²) in [7, 11) is 0. The predicted octanol–water partition coefficient (Wildman–Crippen LogP) is 4.39. The molecular formula is C14H17Cl2N. The zero-order valence-electron chi connectivity index (χ0n) is 9.76. The van der Waals surface area contributed by atoms with Crippen LogP contribution in [0.2, 0.25) is 10.0 Å². The number of rotatable bonds is 6. The monoisotopic (exact) mass is 269 g/mol. The van der Waals surface area contributed by atoms with Crippen molar-refractivity contribution in [1.29, 1.82) is 0 Å². The van der Waals surface area contributed by atoms with Gasteiger partial charge in [-0.05, 0) is 37.0 Å². The van der Waals surface area contributed by atoms with E-state index >= 15 is 0 Å². The molecule has 1 rings (SSSR count). The molecule has 1 nitrogen and oxygen atoms in total. The highest BCUT2D eigenvalue weighted by Crippen LogP contribution is 2.27. The number of hydrogen-bond acceptors (Lipinski definition) is 1. The SMILES string of the molecule is C=CCC(N)(CC=C)Cc1ccc(Cl)cc1Cl. The van der Waals surface area contributed by atoms with Gasteiger partial charge in [0.05, 0.1) is 0 Å². The van der Waals surface area contributed by atoms with Crippen LogP contribution in [0.5, 0.6) is 0 Å². The molecule has 0 aliphatic heterocycles. The zero-order valence-corrected chi connectivity index (χ0v) is 11.3. The quantitative estimate of drug-likeness (QED) is 0.762. The first-order valence-electron chi connectivity index (χ1n) is 5.45. The van der Waals surface area contributed by atoms with Crippen molar-refractivity contribution in [3.05, 3.63) is 59.1 Å². The highest BCUT2D eigenvalue weighted by atomic mass is 35.5. The van der Waals surface area contributed by atoms with Crippen molar-refractivity contribution in [2.24, 2.45) is 5.73 Å². The minimum atomic E-state index is -0.374. The van der Waals surface area contributed by atoms with Crippen molar-refractivity contribution in [3.63, 3.8) is 0 Å². The number of halogens is 2. The molecule has 0 bridgehead atoms. The third kappa shape index (κ3) is 4.19. The molecule has 0 unspecified atom stereocenters. The molecular weight excluding hydrogens is 253 g/mol. The number of hydrogen-bond donors (Lipinski definition) is 1. The molecule has 0 spiro atoms. The molecule has 1 aromatic carbocycles. The molecule has 0 fully saturated rings. The third-order valence-corrected chi connectivity index (χ3v) is 3.25. The van der Waals surface area contributed by atoms with E-state index in [1.54, 1.807) is 6.07 Å². The van der Waals surface area contributed by atoms with Gasteiger partial charge in [0.15, 0.2) is 0 Å². The molecule has 0 saturated heterocycles. The second kappa shape index (κ2) is 6.25. The number of nitrogens with two attached hydrogens (primary N) is 1. The fraction of sp³-hybridized carbons (Fsp3) is 0.286. The van der Waals surface area contributed by atoms with Gasteiger partial charge in [-0.25, -0.2) is 0 Å². The molecule has 2 N–H and O–H groups in total. The standard InChI is InChI=1S/C14H17Cl2N/c1-3-7-14(17,8-4-2)10-11-5-6-12(15)9-13(11)16/h3-6,9H,1-2,7-8,10,17H2. The van der Waals surface area contributed by atoms with E-state index in [0.717, 1.165) is 18.4 Å². The van der Waals surface area contributed by atoms with E-state index in [2.05, 4.69) is 13.2 Å². The molecule has 17 heavy (non-hydrogen) atoms. The fourth-order valence-corrected chi connectivity index (χ4v) is 2.32. The molecule has 3 heteroatoms. The Bertz CT molecular complexity index is 403. The highest BCUT2D eigenvalue weighted by Gasteiger charge is 2.23. The van der Waals surface area contributed by atoms with Crippen LogP contribution in [0.4, 0.5) is 0 Å². The Morgan fingerprint density at radius 1 is 1.18 bits per heavy atom. The lowest BCUT2D eigenvalue weighted by molar-refractivity contribution is 0.432. The van der Waals surface area contributed by atoms with Crippen LogP contribution in [0, 0.1) is 0 Å². The van der Waals surface area contributed by atoms with Gasteiger partial charge in [-0.15, -0.1) is 13.2 Å². The van der Waals surface area contributed by atoms with Gasteiger partial charge < -0.3 is 5.73 Å². The Balaban J connectivity index is 2.92. The molecule has 1 aromatic rings. The van der Waals surface area contributed by atoms with E-state index in [4.69, 9.17) is 28.9 Å². The lowest BCUT2D eigenvalue weighted by Gasteiger charge is -2.27. The number of benzene rings is 1. The first-order valence-corrected chi connectivity index (χ1v) is 6.21. The van der Waals surface area contributed by atoms with Crippen molar-refractivity contribution >= 4 is 23.2 Å². The molecule has 0 atom stereocenters. The Kier molecular flexibility index (Phi) is 5.26. The lowest BCUT2D eigenvalue weighted by Crippen LogP contribution is -2.41. The summed E-state index contributed by atoms with van der Waals surface area (Å²) >= 11 is 12.0. The van der Waals surface area contributed by atoms with Crippen molar-refractivity contribution in [2.45, 2.75) is 24.8 Å². The van der Waals surface area contributed by atoms with Crippen molar-refractivity contribution in [1.82, 2.24) is 0 Å². The minimum Gasteiger partial charge on any atom is -0.324 e. The Hall–Kier alpha value is -0.760. The van der Waals surface area contributed by atoms with Crippen LogP contribution >= 0.6 is 23.2 Å². The lowest BCUT2D eigenvalue weighted by atomic mass is 9.85. The average molecular weight is 270 g/mol. The minimum absolute atomic E-state index is 0.374. The van der Waals surface area contributed by atoms with Crippen LogP contribution in [0.3, 0.4) is 0 Å². The summed E-state index contributed by atoms with van der Waals surface area (Å²) in [5, 5.41) is 1.29. The van der Waals surface area contributed by atoms with Gasteiger partial charge in [0.2, 0.25) is 0 Å². The van der Waals surface area contributed by atoms with E-state index in [9.17, 15) is 0 Å². The summed E-state index contributed by atoms with van der Waals surface area (Å²) in [6, 6.07) is 5.48. The Morgan fingerprint density at radius 2 is 1.76 bits per heavy atom. The van der Waals surface area contributed by atoms with Gasteiger partial charge in [0, 0.05) is 15.6 Å². The van der Waals surface area contributed by atoms with Crippen molar-refractivity contribution in [2.75, 3.05) is 0 Å². The molecule has 0 heterocycles. The Labute approximate surface area is 113 Å². The third-order valence-electron chi connectivity index (χ3n) is 2.66. The van der Waals surface area contributed by atoms with Crippen molar-refractivity contribution in [3.8, 4) is 0 Å². The maximum Gasteiger partial charge on any atom is 0.0453 e. The predicted molar refractivity (Wildman–Crippen MR) is 76.7 cm³/mol. The summed E-state index contributed by atoms with van der Waals surface area (Å²) in [5.41, 5.74) is 6.95. The normalized spacial score (nSPS) is 11.2.